The summed E-state index contributed by atoms with van der Waals surface area (Å²) in [6, 6.07) is -0.614. The molecule has 0 aromatic heterocycles. The van der Waals surface area contributed by atoms with E-state index in [-0.39, 0.29) is 36.2 Å². The minimum atomic E-state index is -0.871. The lowest BCUT2D eigenvalue weighted by molar-refractivity contribution is -0.887. The average molecular weight is 934 g/mol. The SMILES string of the molecule is CCCCCCCC/C=C\CCCCCCCCCCCC(=O)OCC(COCCC(C(=O)O)[N+](C)(C)C)OC(=O)CCCCCCCCCCCCC/C=C\CCCCCCCCCC. The van der Waals surface area contributed by atoms with Crippen LogP contribution in [0.5, 0.6) is 0 Å². The number of hydrogen-bond acceptors (Lipinski definition) is 6. The van der Waals surface area contributed by atoms with E-state index in [2.05, 4.69) is 38.2 Å². The van der Waals surface area contributed by atoms with Crippen LogP contribution in [0.2, 0.25) is 0 Å². The lowest BCUT2D eigenvalue weighted by atomic mass is 10.0. The van der Waals surface area contributed by atoms with E-state index in [4.69, 9.17) is 14.2 Å². The van der Waals surface area contributed by atoms with Gasteiger partial charge in [0.2, 0.25) is 0 Å². The number of nitrogens with zero attached hydrogens (tertiary/aromatic N) is 1. The smallest absolute Gasteiger partial charge is 0.362 e. The predicted octanol–water partition coefficient (Wildman–Crippen LogP) is 16.8. The zero-order chi connectivity index (χ0) is 48.4. The van der Waals surface area contributed by atoms with Gasteiger partial charge in [0.15, 0.2) is 12.1 Å². The Morgan fingerprint density at radius 3 is 1.09 bits per heavy atom. The number of allylic oxidation sites excluding steroid dienone is 4. The molecular formula is C58H110NO7+. The summed E-state index contributed by atoms with van der Waals surface area (Å²) in [6.45, 7) is 4.78. The van der Waals surface area contributed by atoms with E-state index in [1.807, 2.05) is 21.1 Å². The molecule has 0 spiro atoms. The first-order valence-corrected chi connectivity index (χ1v) is 28.4. The van der Waals surface area contributed by atoms with E-state index in [1.54, 1.807) is 0 Å². The second kappa shape index (κ2) is 49.2. The maximum Gasteiger partial charge on any atom is 0.362 e. The number of likely N-dealkylation sites (N-methyl/N-ethyl adjacent to an activating group) is 1. The van der Waals surface area contributed by atoms with E-state index in [0.717, 1.165) is 38.5 Å². The fourth-order valence-corrected chi connectivity index (χ4v) is 8.67. The minimum absolute atomic E-state index is 0.0480. The molecule has 0 amide bonds. The summed E-state index contributed by atoms with van der Waals surface area (Å²) in [5.74, 6) is -1.45. The zero-order valence-corrected chi connectivity index (χ0v) is 44.4. The predicted molar refractivity (Wildman–Crippen MR) is 280 cm³/mol. The van der Waals surface area contributed by atoms with Gasteiger partial charge in [-0.3, -0.25) is 9.59 Å². The van der Waals surface area contributed by atoms with Crippen molar-refractivity contribution in [1.29, 1.82) is 0 Å². The zero-order valence-electron chi connectivity index (χ0n) is 44.4. The number of unbranched alkanes of at least 4 members (excludes halogenated alkanes) is 34. The van der Waals surface area contributed by atoms with E-state index in [0.29, 0.717) is 19.3 Å². The van der Waals surface area contributed by atoms with Crippen molar-refractivity contribution in [3.8, 4) is 0 Å². The topological polar surface area (TPSA) is 99.1 Å². The lowest BCUT2D eigenvalue weighted by Gasteiger charge is -2.31. The number of ether oxygens (including phenoxy) is 3. The Morgan fingerprint density at radius 2 is 0.758 bits per heavy atom. The first kappa shape index (κ1) is 63.8. The van der Waals surface area contributed by atoms with Gasteiger partial charge < -0.3 is 23.8 Å². The molecular weight excluding hydrogens is 823 g/mol. The van der Waals surface area contributed by atoms with E-state index < -0.39 is 18.1 Å². The van der Waals surface area contributed by atoms with Crippen LogP contribution in [0.15, 0.2) is 24.3 Å². The fraction of sp³-hybridized carbons (Fsp3) is 0.879. The molecule has 0 bridgehead atoms. The van der Waals surface area contributed by atoms with Gasteiger partial charge in [0.25, 0.3) is 0 Å². The molecule has 388 valence electrons. The maximum atomic E-state index is 12.8. The molecule has 8 nitrogen and oxygen atoms in total. The van der Waals surface area contributed by atoms with Crippen molar-refractivity contribution in [2.24, 2.45) is 0 Å². The van der Waals surface area contributed by atoms with Crippen LogP contribution in [-0.4, -0.2) is 80.6 Å². The van der Waals surface area contributed by atoms with Gasteiger partial charge in [-0.05, 0) is 64.2 Å². The van der Waals surface area contributed by atoms with Gasteiger partial charge in [-0.15, -0.1) is 0 Å². The fourth-order valence-electron chi connectivity index (χ4n) is 8.67. The third-order valence-electron chi connectivity index (χ3n) is 13.1. The Labute approximate surface area is 409 Å². The summed E-state index contributed by atoms with van der Waals surface area (Å²) in [7, 11) is 5.55. The van der Waals surface area contributed by atoms with Gasteiger partial charge in [0.1, 0.15) is 6.61 Å². The van der Waals surface area contributed by atoms with Crippen LogP contribution < -0.4 is 0 Å². The van der Waals surface area contributed by atoms with Gasteiger partial charge in [-0.2, -0.15) is 0 Å². The Bertz CT molecular complexity index is 1130. The molecule has 66 heavy (non-hydrogen) atoms. The Balaban J connectivity index is 4.15. The highest BCUT2D eigenvalue weighted by molar-refractivity contribution is 5.72. The van der Waals surface area contributed by atoms with Crippen molar-refractivity contribution in [3.63, 3.8) is 0 Å². The van der Waals surface area contributed by atoms with E-state index in [9.17, 15) is 19.5 Å². The third-order valence-corrected chi connectivity index (χ3v) is 13.1. The van der Waals surface area contributed by atoms with Crippen molar-refractivity contribution in [1.82, 2.24) is 0 Å². The normalized spacial score (nSPS) is 12.9. The second-order valence-corrected chi connectivity index (χ2v) is 20.5. The molecule has 0 rings (SSSR count). The van der Waals surface area contributed by atoms with Crippen LogP contribution in [0.3, 0.4) is 0 Å². The summed E-state index contributed by atoms with van der Waals surface area (Å²) < 4.78 is 17.4. The minimum Gasteiger partial charge on any atom is -0.477 e. The molecule has 0 aromatic carbocycles. The molecule has 2 unspecified atom stereocenters. The first-order chi connectivity index (χ1) is 32.1. The number of carbonyl (C=O) groups excluding carboxylic acids is 2. The monoisotopic (exact) mass is 933 g/mol. The highest BCUT2D eigenvalue weighted by Gasteiger charge is 2.31. The highest BCUT2D eigenvalue weighted by atomic mass is 16.6. The second-order valence-electron chi connectivity index (χ2n) is 20.5. The maximum absolute atomic E-state index is 12.8. The van der Waals surface area contributed by atoms with Gasteiger partial charge in [0.05, 0.1) is 34.4 Å². The van der Waals surface area contributed by atoms with Crippen molar-refractivity contribution in [2.75, 3.05) is 41.0 Å². The quantitative estimate of drug-likeness (QED) is 0.0281. The number of hydrogen-bond donors (Lipinski definition) is 1. The summed E-state index contributed by atoms with van der Waals surface area (Å²) >= 11 is 0. The molecule has 2 atom stereocenters. The molecule has 0 aromatic rings. The standard InChI is InChI=1S/C58H109NO7/c1-6-8-10-12-14-16-18-20-22-24-26-27-28-29-31-33-35-37-39-41-43-45-47-49-57(61)66-54(52-64-51-50-55(58(62)63)59(3,4)5)53-65-56(60)48-46-44-42-40-38-36-34-32-30-25-23-21-19-17-15-13-11-9-7-2/h21,23-24,26,54-55H,6-20,22,25,27-53H2,1-5H3/p+1/b23-21-,26-24-. The van der Waals surface area contributed by atoms with Crippen LogP contribution in [-0.2, 0) is 28.6 Å². The number of rotatable bonds is 52. The largest absolute Gasteiger partial charge is 0.477 e. The summed E-state index contributed by atoms with van der Waals surface area (Å²) in [5.41, 5.74) is 0. The molecule has 0 aliphatic carbocycles. The van der Waals surface area contributed by atoms with Crippen molar-refractivity contribution >= 4 is 17.9 Å². The van der Waals surface area contributed by atoms with Crippen LogP contribution in [0.4, 0.5) is 0 Å². The Hall–Kier alpha value is -2.19. The molecule has 0 saturated carbocycles. The highest BCUT2D eigenvalue weighted by Crippen LogP contribution is 2.16. The van der Waals surface area contributed by atoms with E-state index in [1.165, 1.54) is 205 Å². The number of esters is 2. The molecule has 0 fully saturated rings. The van der Waals surface area contributed by atoms with Gasteiger partial charge in [-0.25, -0.2) is 4.79 Å². The van der Waals surface area contributed by atoms with Gasteiger partial charge in [-0.1, -0.05) is 218 Å². The number of carboxylic acids is 1. The summed E-state index contributed by atoms with van der Waals surface area (Å²) in [5, 5.41) is 9.67. The number of aliphatic carboxylic acids is 1. The van der Waals surface area contributed by atoms with Crippen molar-refractivity contribution < 1.29 is 38.2 Å². The summed E-state index contributed by atoms with van der Waals surface area (Å²) in [6.07, 6.45) is 58.1. The van der Waals surface area contributed by atoms with Crippen LogP contribution >= 0.6 is 0 Å². The van der Waals surface area contributed by atoms with Crippen LogP contribution in [0.1, 0.15) is 277 Å². The Kier molecular flexibility index (Phi) is 47.6. The average Bonchev–Trinajstić information content (AvgIpc) is 3.28. The molecule has 0 heterocycles. The number of quaternary nitrogens is 1. The number of carbonyl (C=O) groups is 3. The number of carboxylic acid groups (broad SMARTS) is 1. The first-order valence-electron chi connectivity index (χ1n) is 28.4. The molecule has 0 aliphatic rings. The molecule has 0 saturated heterocycles. The lowest BCUT2D eigenvalue weighted by Crippen LogP contribution is -2.50. The van der Waals surface area contributed by atoms with Gasteiger partial charge in [0, 0.05) is 19.3 Å². The Morgan fingerprint density at radius 1 is 0.439 bits per heavy atom. The molecule has 1 N–H and O–H groups in total. The van der Waals surface area contributed by atoms with Crippen LogP contribution in [0, 0.1) is 0 Å². The van der Waals surface area contributed by atoms with Crippen molar-refractivity contribution in [2.45, 2.75) is 289 Å². The molecule has 8 heteroatoms. The third kappa shape index (κ3) is 46.9. The molecule has 0 aliphatic heterocycles. The van der Waals surface area contributed by atoms with Crippen LogP contribution in [0.25, 0.3) is 0 Å². The van der Waals surface area contributed by atoms with E-state index >= 15 is 0 Å². The molecule has 0 radical (unpaired) electrons. The summed E-state index contributed by atoms with van der Waals surface area (Å²) in [4.78, 5) is 37.3. The van der Waals surface area contributed by atoms with Gasteiger partial charge >= 0.3 is 17.9 Å². The van der Waals surface area contributed by atoms with Crippen molar-refractivity contribution in [3.05, 3.63) is 24.3 Å².